The molecule has 2 N–H and O–H groups in total. The molecule has 5 nitrogen and oxygen atoms in total. The molecule has 5 heteroatoms. The van der Waals surface area contributed by atoms with Crippen LogP contribution >= 0.6 is 0 Å². The lowest BCUT2D eigenvalue weighted by Gasteiger charge is -2.16. The lowest BCUT2D eigenvalue weighted by molar-refractivity contribution is 0.221. The van der Waals surface area contributed by atoms with E-state index in [-0.39, 0.29) is 11.5 Å². The lowest BCUT2D eigenvalue weighted by Crippen LogP contribution is -2.04. The van der Waals surface area contributed by atoms with E-state index in [4.69, 9.17) is 4.74 Å². The number of aromatic nitrogens is 2. The Kier molecular flexibility index (Phi) is 2.24. The second-order valence-corrected chi connectivity index (χ2v) is 5.70. The molecule has 0 saturated heterocycles. The summed E-state index contributed by atoms with van der Waals surface area (Å²) in [4.78, 5) is 4.69. The number of aliphatic hydroxyl groups is 1. The van der Waals surface area contributed by atoms with E-state index in [1.54, 1.807) is 0 Å². The molecular weight excluding hydrogens is 292 g/mol. The van der Waals surface area contributed by atoms with E-state index in [0.29, 0.717) is 23.2 Å². The molecule has 5 rings (SSSR count). The van der Waals surface area contributed by atoms with Crippen molar-refractivity contribution in [2.24, 2.45) is 0 Å². The van der Waals surface area contributed by atoms with Crippen LogP contribution in [0, 0.1) is 0 Å². The van der Waals surface area contributed by atoms with Crippen LogP contribution in [0.5, 0.6) is 5.75 Å². The number of ether oxygens (including phenoxy) is 1. The maximum absolute atomic E-state index is 10.7. The summed E-state index contributed by atoms with van der Waals surface area (Å²) in [7, 11) is 0. The van der Waals surface area contributed by atoms with Gasteiger partial charge in [0.15, 0.2) is 11.5 Å². The molecule has 112 valence electrons. The van der Waals surface area contributed by atoms with Crippen LogP contribution in [0.1, 0.15) is 11.1 Å². The highest BCUT2D eigenvalue weighted by molar-refractivity contribution is 6.03. The SMILES string of the molecule is OC1=COCc2cn3cc4cc5ccccc5nc4c3c(O)c21. The van der Waals surface area contributed by atoms with Crippen LogP contribution in [0.25, 0.3) is 33.1 Å². The van der Waals surface area contributed by atoms with E-state index in [9.17, 15) is 10.2 Å². The largest absolute Gasteiger partial charge is 0.505 e. The van der Waals surface area contributed by atoms with Gasteiger partial charge < -0.3 is 19.4 Å². The number of hydrogen-bond donors (Lipinski definition) is 2. The monoisotopic (exact) mass is 304 g/mol. The minimum atomic E-state index is -0.0682. The van der Waals surface area contributed by atoms with Crippen molar-refractivity contribution in [3.05, 3.63) is 60.1 Å². The van der Waals surface area contributed by atoms with Gasteiger partial charge in [0.1, 0.15) is 23.9 Å². The van der Waals surface area contributed by atoms with Crippen molar-refractivity contribution in [1.29, 1.82) is 0 Å². The highest BCUT2D eigenvalue weighted by Gasteiger charge is 2.22. The fourth-order valence-corrected chi connectivity index (χ4v) is 3.26. The third-order valence-corrected chi connectivity index (χ3v) is 4.28. The van der Waals surface area contributed by atoms with Gasteiger partial charge in [-0.15, -0.1) is 0 Å². The fraction of sp³-hybridized carbons (Fsp3) is 0.0556. The molecule has 0 amide bonds. The second kappa shape index (κ2) is 4.16. The Hall–Kier alpha value is -3.21. The first-order valence-corrected chi connectivity index (χ1v) is 7.28. The Balaban J connectivity index is 1.97. The summed E-state index contributed by atoms with van der Waals surface area (Å²) in [6.07, 6.45) is 5.05. The molecule has 3 aromatic heterocycles. The Bertz CT molecular complexity index is 1140. The molecule has 0 bridgehead atoms. The lowest BCUT2D eigenvalue weighted by atomic mass is 10.1. The Morgan fingerprint density at radius 2 is 1.96 bits per heavy atom. The van der Waals surface area contributed by atoms with Crippen molar-refractivity contribution in [1.82, 2.24) is 9.38 Å². The number of pyridine rings is 2. The summed E-state index contributed by atoms with van der Waals surface area (Å²) in [6.45, 7) is 0.312. The molecule has 4 aromatic rings. The summed E-state index contributed by atoms with van der Waals surface area (Å²) in [6, 6.07) is 9.92. The van der Waals surface area contributed by atoms with Crippen LogP contribution in [0.3, 0.4) is 0 Å². The van der Waals surface area contributed by atoms with Gasteiger partial charge in [0.05, 0.1) is 11.1 Å². The first-order chi connectivity index (χ1) is 11.2. The van der Waals surface area contributed by atoms with Gasteiger partial charge >= 0.3 is 0 Å². The Morgan fingerprint density at radius 3 is 2.87 bits per heavy atom. The van der Waals surface area contributed by atoms with Gasteiger partial charge in [-0.25, -0.2) is 4.98 Å². The number of nitrogens with zero attached hydrogens (tertiary/aromatic N) is 2. The molecule has 1 aliphatic rings. The van der Waals surface area contributed by atoms with E-state index >= 15 is 0 Å². The first-order valence-electron chi connectivity index (χ1n) is 7.28. The number of rotatable bonds is 0. The predicted molar refractivity (Wildman–Crippen MR) is 87.3 cm³/mol. The zero-order valence-electron chi connectivity index (χ0n) is 12.0. The summed E-state index contributed by atoms with van der Waals surface area (Å²) >= 11 is 0. The fourth-order valence-electron chi connectivity index (χ4n) is 3.26. The minimum absolute atomic E-state index is 0.0253. The highest BCUT2D eigenvalue weighted by atomic mass is 16.5. The average Bonchev–Trinajstić information content (AvgIpc) is 2.90. The van der Waals surface area contributed by atoms with Gasteiger partial charge in [-0.05, 0) is 12.1 Å². The zero-order valence-corrected chi connectivity index (χ0v) is 12.0. The smallest absolute Gasteiger partial charge is 0.161 e. The molecule has 0 spiro atoms. The second-order valence-electron chi connectivity index (χ2n) is 5.70. The van der Waals surface area contributed by atoms with E-state index in [0.717, 1.165) is 21.9 Å². The molecule has 23 heavy (non-hydrogen) atoms. The van der Waals surface area contributed by atoms with Gasteiger partial charge in [-0.2, -0.15) is 0 Å². The third-order valence-electron chi connectivity index (χ3n) is 4.28. The van der Waals surface area contributed by atoms with E-state index < -0.39 is 0 Å². The normalized spacial score (nSPS) is 14.0. The number of para-hydroxylation sites is 1. The first kappa shape index (κ1) is 12.3. The van der Waals surface area contributed by atoms with E-state index in [2.05, 4.69) is 11.1 Å². The molecule has 0 aliphatic carbocycles. The van der Waals surface area contributed by atoms with Crippen molar-refractivity contribution in [3.8, 4) is 5.75 Å². The number of hydrogen-bond acceptors (Lipinski definition) is 4. The number of aliphatic hydroxyl groups excluding tert-OH is 1. The van der Waals surface area contributed by atoms with Gasteiger partial charge in [0.2, 0.25) is 0 Å². The van der Waals surface area contributed by atoms with Crippen LogP contribution in [0.2, 0.25) is 0 Å². The van der Waals surface area contributed by atoms with Crippen LogP contribution in [-0.4, -0.2) is 19.6 Å². The maximum atomic E-state index is 10.7. The quantitative estimate of drug-likeness (QED) is 0.519. The number of benzene rings is 1. The van der Waals surface area contributed by atoms with Crippen molar-refractivity contribution in [2.45, 2.75) is 6.61 Å². The molecule has 1 aromatic carbocycles. The van der Waals surface area contributed by atoms with Crippen molar-refractivity contribution < 1.29 is 14.9 Å². The van der Waals surface area contributed by atoms with Crippen molar-refractivity contribution in [3.63, 3.8) is 0 Å². The molecule has 4 heterocycles. The molecule has 0 unspecified atom stereocenters. The number of aromatic hydroxyl groups is 1. The van der Waals surface area contributed by atoms with Crippen LogP contribution in [0.15, 0.2) is 49.0 Å². The Morgan fingerprint density at radius 1 is 1.09 bits per heavy atom. The van der Waals surface area contributed by atoms with Crippen LogP contribution in [0.4, 0.5) is 0 Å². The maximum Gasteiger partial charge on any atom is 0.161 e. The average molecular weight is 304 g/mol. The van der Waals surface area contributed by atoms with Gasteiger partial charge in [0.25, 0.3) is 0 Å². The van der Waals surface area contributed by atoms with E-state index in [1.807, 2.05) is 41.1 Å². The van der Waals surface area contributed by atoms with Crippen molar-refractivity contribution >= 4 is 33.1 Å². The van der Waals surface area contributed by atoms with E-state index in [1.165, 1.54) is 6.26 Å². The van der Waals surface area contributed by atoms with Crippen LogP contribution in [-0.2, 0) is 11.3 Å². The third kappa shape index (κ3) is 1.59. The molecule has 0 atom stereocenters. The minimum Gasteiger partial charge on any atom is -0.505 e. The zero-order chi connectivity index (χ0) is 15.6. The summed E-state index contributed by atoms with van der Waals surface area (Å²) in [5, 5.41) is 22.7. The van der Waals surface area contributed by atoms with Gasteiger partial charge in [0, 0.05) is 28.7 Å². The van der Waals surface area contributed by atoms with Crippen molar-refractivity contribution in [2.75, 3.05) is 0 Å². The van der Waals surface area contributed by atoms with Gasteiger partial charge in [-0.1, -0.05) is 18.2 Å². The standard InChI is InChI=1S/C18H12N2O3/c21-14-9-23-8-12-7-20-6-11-5-10-3-1-2-4-13(10)19-16(11)17(20)18(22)15(12)14/h1-7,9,21-22H,8H2. The van der Waals surface area contributed by atoms with Gasteiger partial charge in [-0.3, -0.25) is 0 Å². The molecule has 0 fully saturated rings. The molecular formula is C18H12N2O3. The predicted octanol–water partition coefficient (Wildman–Crippen LogP) is 3.73. The summed E-state index contributed by atoms with van der Waals surface area (Å²) in [5.74, 6) is -0.0429. The molecule has 1 aliphatic heterocycles. The molecule has 0 radical (unpaired) electrons. The summed E-state index contributed by atoms with van der Waals surface area (Å²) in [5.41, 5.74) is 3.32. The highest BCUT2D eigenvalue weighted by Crippen LogP contribution is 2.38. The molecule has 0 saturated carbocycles. The number of fused-ring (bicyclic) bond motifs is 5. The van der Waals surface area contributed by atoms with Crippen LogP contribution < -0.4 is 0 Å². The topological polar surface area (TPSA) is 67.0 Å². The Labute approximate surface area is 130 Å². The summed E-state index contributed by atoms with van der Waals surface area (Å²) < 4.78 is 7.04.